The Morgan fingerprint density at radius 1 is 1.13 bits per heavy atom. The van der Waals surface area contributed by atoms with Gasteiger partial charge in [-0.1, -0.05) is 17.7 Å². The minimum atomic E-state index is 0.480. The molecule has 0 radical (unpaired) electrons. The molecule has 76 valence electrons. The first-order chi connectivity index (χ1) is 7.34. The van der Waals surface area contributed by atoms with E-state index >= 15 is 0 Å². The van der Waals surface area contributed by atoms with E-state index in [1.165, 1.54) is 0 Å². The highest BCUT2D eigenvalue weighted by Gasteiger charge is 1.96. The lowest BCUT2D eigenvalue weighted by Gasteiger charge is -2.04. The molecule has 2 aromatic rings. The Balaban J connectivity index is 1.96. The van der Waals surface area contributed by atoms with Gasteiger partial charge in [0.15, 0.2) is 0 Å². The molecule has 0 fully saturated rings. The summed E-state index contributed by atoms with van der Waals surface area (Å²) >= 11 is 5.67. The zero-order valence-electron chi connectivity index (χ0n) is 7.93. The molecule has 0 saturated carbocycles. The fourth-order valence-corrected chi connectivity index (χ4v) is 1.20. The van der Waals surface area contributed by atoms with Crippen molar-refractivity contribution in [3.05, 3.63) is 53.6 Å². The zero-order chi connectivity index (χ0) is 10.5. The van der Waals surface area contributed by atoms with E-state index in [0.29, 0.717) is 11.8 Å². The molecule has 2 heterocycles. The Morgan fingerprint density at radius 2 is 1.93 bits per heavy atom. The molecule has 0 N–H and O–H groups in total. The second-order valence-electron chi connectivity index (χ2n) is 2.96. The summed E-state index contributed by atoms with van der Waals surface area (Å²) in [6, 6.07) is 7.25. The summed E-state index contributed by atoms with van der Waals surface area (Å²) < 4.78 is 5.51. The molecule has 0 aromatic carbocycles. The Morgan fingerprint density at radius 3 is 2.60 bits per heavy atom. The summed E-state index contributed by atoms with van der Waals surface area (Å²) in [4.78, 5) is 7.87. The van der Waals surface area contributed by atoms with Crippen molar-refractivity contribution in [3.8, 4) is 5.75 Å². The molecular formula is C11H9ClN2O. The van der Waals surface area contributed by atoms with Crippen LogP contribution < -0.4 is 4.74 Å². The number of nitrogens with zero attached hydrogens (tertiary/aromatic N) is 2. The summed E-state index contributed by atoms with van der Waals surface area (Å²) in [6.07, 6.45) is 5.08. The van der Waals surface area contributed by atoms with Gasteiger partial charge in [-0.2, -0.15) is 0 Å². The van der Waals surface area contributed by atoms with Crippen LogP contribution in [0.15, 0.2) is 42.9 Å². The molecule has 2 rings (SSSR count). The van der Waals surface area contributed by atoms with Crippen molar-refractivity contribution in [3.63, 3.8) is 0 Å². The molecule has 0 saturated heterocycles. The van der Waals surface area contributed by atoms with Crippen LogP contribution in [0.5, 0.6) is 5.75 Å². The van der Waals surface area contributed by atoms with Gasteiger partial charge in [0.25, 0.3) is 0 Å². The summed E-state index contributed by atoms with van der Waals surface area (Å²) in [7, 11) is 0. The first-order valence-electron chi connectivity index (χ1n) is 4.48. The van der Waals surface area contributed by atoms with E-state index in [-0.39, 0.29) is 0 Å². The lowest BCUT2D eigenvalue weighted by atomic mass is 10.3. The Hall–Kier alpha value is -1.61. The van der Waals surface area contributed by atoms with Crippen molar-refractivity contribution in [2.75, 3.05) is 0 Å². The minimum absolute atomic E-state index is 0.480. The molecule has 0 aliphatic rings. The topological polar surface area (TPSA) is 35.0 Å². The minimum Gasteiger partial charge on any atom is -0.489 e. The largest absolute Gasteiger partial charge is 0.489 e. The van der Waals surface area contributed by atoms with Gasteiger partial charge in [0.05, 0.1) is 0 Å². The number of ether oxygens (including phenoxy) is 1. The van der Waals surface area contributed by atoms with Crippen LogP contribution in [-0.4, -0.2) is 9.97 Å². The normalized spacial score (nSPS) is 9.93. The van der Waals surface area contributed by atoms with E-state index in [9.17, 15) is 0 Å². The second kappa shape index (κ2) is 4.75. The van der Waals surface area contributed by atoms with E-state index in [1.54, 1.807) is 24.7 Å². The van der Waals surface area contributed by atoms with Crippen molar-refractivity contribution in [1.82, 2.24) is 9.97 Å². The van der Waals surface area contributed by atoms with E-state index in [0.717, 1.165) is 11.3 Å². The van der Waals surface area contributed by atoms with Gasteiger partial charge in [0, 0.05) is 24.2 Å². The molecule has 0 aliphatic heterocycles. The lowest BCUT2D eigenvalue weighted by molar-refractivity contribution is 0.305. The quantitative estimate of drug-likeness (QED) is 0.746. The number of pyridine rings is 2. The van der Waals surface area contributed by atoms with Gasteiger partial charge in [-0.15, -0.1) is 0 Å². The zero-order valence-corrected chi connectivity index (χ0v) is 8.69. The maximum Gasteiger partial charge on any atom is 0.129 e. The summed E-state index contributed by atoms with van der Waals surface area (Å²) in [6.45, 7) is 0.480. The number of rotatable bonds is 3. The standard InChI is InChI=1S/C11H9ClN2O/c12-11-2-1-9(7-14-11)8-15-10-3-5-13-6-4-10/h1-7H,8H2. The monoisotopic (exact) mass is 220 g/mol. The molecule has 0 unspecified atom stereocenters. The third-order valence-electron chi connectivity index (χ3n) is 1.84. The predicted octanol–water partition coefficient (Wildman–Crippen LogP) is 2.71. The molecule has 4 heteroatoms. The molecule has 0 aliphatic carbocycles. The fourth-order valence-electron chi connectivity index (χ4n) is 1.09. The molecule has 0 atom stereocenters. The molecule has 0 spiro atoms. The van der Waals surface area contributed by atoms with Crippen LogP contribution in [0.2, 0.25) is 5.15 Å². The molecule has 2 aromatic heterocycles. The van der Waals surface area contributed by atoms with Gasteiger partial charge >= 0.3 is 0 Å². The highest BCUT2D eigenvalue weighted by Crippen LogP contribution is 2.11. The number of hydrogen-bond acceptors (Lipinski definition) is 3. The fraction of sp³-hybridized carbons (Fsp3) is 0.0909. The maximum atomic E-state index is 5.67. The van der Waals surface area contributed by atoms with Gasteiger partial charge in [-0.25, -0.2) is 4.98 Å². The predicted molar refractivity (Wildman–Crippen MR) is 57.8 cm³/mol. The SMILES string of the molecule is Clc1ccc(COc2ccncc2)cn1. The lowest BCUT2D eigenvalue weighted by Crippen LogP contribution is -1.95. The van der Waals surface area contributed by atoms with Gasteiger partial charge in [-0.05, 0) is 18.2 Å². The van der Waals surface area contributed by atoms with Crippen molar-refractivity contribution >= 4 is 11.6 Å². The third-order valence-corrected chi connectivity index (χ3v) is 2.07. The van der Waals surface area contributed by atoms with E-state index in [2.05, 4.69) is 9.97 Å². The third kappa shape index (κ3) is 2.92. The molecule has 15 heavy (non-hydrogen) atoms. The van der Waals surface area contributed by atoms with Crippen LogP contribution in [0.3, 0.4) is 0 Å². The highest BCUT2D eigenvalue weighted by atomic mass is 35.5. The molecule has 0 bridgehead atoms. The number of hydrogen-bond donors (Lipinski definition) is 0. The van der Waals surface area contributed by atoms with E-state index in [1.807, 2.05) is 18.2 Å². The Kier molecular flexibility index (Phi) is 3.15. The van der Waals surface area contributed by atoms with Crippen molar-refractivity contribution in [2.45, 2.75) is 6.61 Å². The summed E-state index contributed by atoms with van der Waals surface area (Å²) in [5, 5.41) is 0.489. The van der Waals surface area contributed by atoms with Gasteiger partial charge < -0.3 is 4.74 Å². The van der Waals surface area contributed by atoms with Crippen LogP contribution in [0.4, 0.5) is 0 Å². The van der Waals surface area contributed by atoms with Crippen LogP contribution in [0.1, 0.15) is 5.56 Å². The number of halogens is 1. The smallest absolute Gasteiger partial charge is 0.129 e. The first-order valence-corrected chi connectivity index (χ1v) is 4.85. The molecule has 3 nitrogen and oxygen atoms in total. The van der Waals surface area contributed by atoms with Crippen molar-refractivity contribution in [1.29, 1.82) is 0 Å². The van der Waals surface area contributed by atoms with Crippen LogP contribution in [0.25, 0.3) is 0 Å². The van der Waals surface area contributed by atoms with Crippen molar-refractivity contribution < 1.29 is 4.74 Å². The Bertz CT molecular complexity index is 416. The Labute approximate surface area is 92.7 Å². The molecule has 0 amide bonds. The van der Waals surface area contributed by atoms with E-state index < -0.39 is 0 Å². The summed E-state index contributed by atoms with van der Waals surface area (Å²) in [5.41, 5.74) is 0.983. The van der Waals surface area contributed by atoms with Gasteiger partial charge in [0.1, 0.15) is 17.5 Å². The first kappa shape index (κ1) is 9.93. The van der Waals surface area contributed by atoms with Gasteiger partial charge in [0.2, 0.25) is 0 Å². The number of aromatic nitrogens is 2. The average molecular weight is 221 g/mol. The summed E-state index contributed by atoms with van der Waals surface area (Å²) in [5.74, 6) is 0.792. The van der Waals surface area contributed by atoms with Crippen molar-refractivity contribution in [2.24, 2.45) is 0 Å². The van der Waals surface area contributed by atoms with Gasteiger partial charge in [-0.3, -0.25) is 4.98 Å². The van der Waals surface area contributed by atoms with E-state index in [4.69, 9.17) is 16.3 Å². The maximum absolute atomic E-state index is 5.67. The van der Waals surface area contributed by atoms with Crippen LogP contribution in [0, 0.1) is 0 Å². The highest BCUT2D eigenvalue weighted by molar-refractivity contribution is 6.29. The molecular weight excluding hydrogens is 212 g/mol. The van der Waals surface area contributed by atoms with Crippen LogP contribution in [-0.2, 0) is 6.61 Å². The average Bonchev–Trinajstić information content (AvgIpc) is 2.30. The van der Waals surface area contributed by atoms with Crippen LogP contribution >= 0.6 is 11.6 Å². The second-order valence-corrected chi connectivity index (χ2v) is 3.35.